The Morgan fingerprint density at radius 2 is 1.89 bits per heavy atom. The van der Waals surface area contributed by atoms with Crippen LogP contribution in [0.2, 0.25) is 0 Å². The Balaban J connectivity index is 1.57. The normalized spacial score (nSPS) is 23.3. The molecule has 5 nitrogen and oxygen atoms in total. The molecule has 0 aromatic heterocycles. The maximum absolute atomic E-state index is 13.1. The molecular weight excluding hydrogens is 340 g/mol. The summed E-state index contributed by atoms with van der Waals surface area (Å²) >= 11 is 0. The third kappa shape index (κ3) is 2.65. The molecule has 1 aliphatic heterocycles. The number of amides is 1. The molecule has 3 N–H and O–H groups in total. The number of benzene rings is 2. The van der Waals surface area contributed by atoms with Crippen LogP contribution in [0.25, 0.3) is 0 Å². The van der Waals surface area contributed by atoms with Crippen LogP contribution in [0, 0.1) is 6.92 Å². The van der Waals surface area contributed by atoms with Crippen LogP contribution in [0.4, 0.5) is 0 Å². The van der Waals surface area contributed by atoms with Gasteiger partial charge in [0.25, 0.3) is 5.91 Å². The number of piperidine rings is 1. The van der Waals surface area contributed by atoms with Gasteiger partial charge in [-0.3, -0.25) is 4.79 Å². The highest BCUT2D eigenvalue weighted by atomic mass is 16.5. The van der Waals surface area contributed by atoms with Crippen LogP contribution >= 0.6 is 0 Å². The summed E-state index contributed by atoms with van der Waals surface area (Å²) in [6, 6.07) is 13.3. The molecule has 1 heterocycles. The number of ether oxygens (including phenoxy) is 1. The Labute approximate surface area is 159 Å². The SMILES string of the molecule is COc1cccc(C(=O)N2CCC3(CC2)c2ccccc2[C@@H](N)[C@@H]3O)c1C. The maximum Gasteiger partial charge on any atom is 0.254 e. The van der Waals surface area contributed by atoms with Gasteiger partial charge in [0.15, 0.2) is 0 Å². The predicted octanol–water partition coefficient (Wildman–Crippen LogP) is 2.55. The summed E-state index contributed by atoms with van der Waals surface area (Å²) in [4.78, 5) is 14.9. The van der Waals surface area contributed by atoms with Crippen molar-refractivity contribution in [2.45, 2.75) is 37.3 Å². The summed E-state index contributed by atoms with van der Waals surface area (Å²) in [5, 5.41) is 10.9. The molecule has 0 saturated carbocycles. The van der Waals surface area contributed by atoms with E-state index in [-0.39, 0.29) is 17.4 Å². The van der Waals surface area contributed by atoms with Crippen molar-refractivity contribution in [1.29, 1.82) is 0 Å². The van der Waals surface area contributed by atoms with Gasteiger partial charge in [0.1, 0.15) is 5.75 Å². The fraction of sp³-hybridized carbons (Fsp3) is 0.409. The Morgan fingerprint density at radius 1 is 1.19 bits per heavy atom. The van der Waals surface area contributed by atoms with Crippen molar-refractivity contribution in [2.24, 2.45) is 5.73 Å². The topological polar surface area (TPSA) is 75.8 Å². The van der Waals surface area contributed by atoms with E-state index >= 15 is 0 Å². The second-order valence-corrected chi connectivity index (χ2v) is 7.64. The second kappa shape index (κ2) is 6.66. The number of carbonyl (C=O) groups is 1. The van der Waals surface area contributed by atoms with Gasteiger partial charge in [0.05, 0.1) is 19.3 Å². The van der Waals surface area contributed by atoms with Crippen LogP contribution in [-0.4, -0.2) is 42.2 Å². The van der Waals surface area contributed by atoms with Crippen molar-refractivity contribution in [1.82, 2.24) is 4.90 Å². The first-order chi connectivity index (χ1) is 13.0. The first-order valence-corrected chi connectivity index (χ1v) is 9.45. The second-order valence-electron chi connectivity index (χ2n) is 7.64. The summed E-state index contributed by atoms with van der Waals surface area (Å²) in [6.07, 6.45) is 0.826. The number of carbonyl (C=O) groups excluding carboxylic acids is 1. The largest absolute Gasteiger partial charge is 0.496 e. The minimum atomic E-state index is -0.606. The highest BCUT2D eigenvalue weighted by Gasteiger charge is 2.51. The third-order valence-corrected chi connectivity index (χ3v) is 6.44. The van der Waals surface area contributed by atoms with Crippen molar-refractivity contribution < 1.29 is 14.6 Å². The monoisotopic (exact) mass is 366 g/mol. The predicted molar refractivity (Wildman–Crippen MR) is 104 cm³/mol. The van der Waals surface area contributed by atoms with E-state index in [2.05, 4.69) is 6.07 Å². The molecule has 2 aliphatic rings. The third-order valence-electron chi connectivity index (χ3n) is 6.44. The van der Waals surface area contributed by atoms with Gasteiger partial charge in [0.2, 0.25) is 0 Å². The maximum atomic E-state index is 13.1. The van der Waals surface area contributed by atoms with Crippen molar-refractivity contribution in [3.8, 4) is 5.75 Å². The first kappa shape index (κ1) is 18.0. The lowest BCUT2D eigenvalue weighted by Gasteiger charge is -2.42. The lowest BCUT2D eigenvalue weighted by Crippen LogP contribution is -2.50. The van der Waals surface area contributed by atoms with E-state index in [1.807, 2.05) is 48.2 Å². The smallest absolute Gasteiger partial charge is 0.254 e. The molecule has 5 heteroatoms. The van der Waals surface area contributed by atoms with Crippen LogP contribution in [0.1, 0.15) is 45.9 Å². The van der Waals surface area contributed by atoms with E-state index in [1.54, 1.807) is 7.11 Å². The number of aliphatic hydroxyl groups excluding tert-OH is 1. The molecule has 0 bridgehead atoms. The zero-order valence-corrected chi connectivity index (χ0v) is 15.8. The zero-order valence-electron chi connectivity index (χ0n) is 15.8. The van der Waals surface area contributed by atoms with E-state index in [1.165, 1.54) is 0 Å². The van der Waals surface area contributed by atoms with Crippen LogP contribution < -0.4 is 10.5 Å². The van der Waals surface area contributed by atoms with Gasteiger partial charge in [-0.05, 0) is 43.0 Å². The number of fused-ring (bicyclic) bond motifs is 2. The molecule has 2 aromatic rings. The first-order valence-electron chi connectivity index (χ1n) is 9.45. The Bertz CT molecular complexity index is 872. The van der Waals surface area contributed by atoms with Gasteiger partial charge in [-0.2, -0.15) is 0 Å². The number of likely N-dealkylation sites (tertiary alicyclic amines) is 1. The van der Waals surface area contributed by atoms with E-state index in [4.69, 9.17) is 10.5 Å². The standard InChI is InChI=1S/C22H26N2O3/c1-14-15(7-5-9-18(14)27-2)21(26)24-12-10-22(11-13-24)17-8-4-3-6-16(17)19(23)20(22)25/h3-9,19-20,25H,10-13,23H2,1-2H3/t19-,20+/m1/s1. The molecule has 0 unspecified atom stereocenters. The molecule has 1 saturated heterocycles. The molecule has 142 valence electrons. The van der Waals surface area contributed by atoms with Gasteiger partial charge in [-0.15, -0.1) is 0 Å². The number of aliphatic hydroxyl groups is 1. The molecule has 1 amide bonds. The van der Waals surface area contributed by atoms with Crippen molar-refractivity contribution in [2.75, 3.05) is 20.2 Å². The van der Waals surface area contributed by atoms with E-state index in [9.17, 15) is 9.90 Å². The van der Waals surface area contributed by atoms with Gasteiger partial charge in [-0.1, -0.05) is 30.3 Å². The van der Waals surface area contributed by atoms with Gasteiger partial charge < -0.3 is 20.5 Å². The highest BCUT2D eigenvalue weighted by molar-refractivity contribution is 5.96. The van der Waals surface area contributed by atoms with Crippen molar-refractivity contribution in [3.05, 3.63) is 64.7 Å². The quantitative estimate of drug-likeness (QED) is 0.856. The van der Waals surface area contributed by atoms with Gasteiger partial charge >= 0.3 is 0 Å². The highest BCUT2D eigenvalue weighted by Crippen LogP contribution is 2.50. The number of hydrogen-bond acceptors (Lipinski definition) is 4. The Kier molecular flexibility index (Phi) is 4.44. The van der Waals surface area contributed by atoms with Gasteiger partial charge in [0, 0.05) is 29.6 Å². The molecular formula is C22H26N2O3. The summed E-state index contributed by atoms with van der Waals surface area (Å²) < 4.78 is 5.35. The minimum Gasteiger partial charge on any atom is -0.496 e. The fourth-order valence-electron chi connectivity index (χ4n) is 4.83. The summed E-state index contributed by atoms with van der Waals surface area (Å²) in [5.74, 6) is 0.742. The molecule has 2 aromatic carbocycles. The van der Waals surface area contributed by atoms with Gasteiger partial charge in [-0.25, -0.2) is 0 Å². The fourth-order valence-corrected chi connectivity index (χ4v) is 4.83. The number of nitrogens with two attached hydrogens (primary N) is 1. The van der Waals surface area contributed by atoms with E-state index in [0.29, 0.717) is 31.5 Å². The number of rotatable bonds is 2. The summed E-state index contributed by atoms with van der Waals surface area (Å²) in [5.41, 5.74) is 9.66. The van der Waals surface area contributed by atoms with E-state index in [0.717, 1.165) is 22.4 Å². The molecule has 0 radical (unpaired) electrons. The zero-order chi connectivity index (χ0) is 19.2. The van der Waals surface area contributed by atoms with Crippen molar-refractivity contribution in [3.63, 3.8) is 0 Å². The number of nitrogens with zero attached hydrogens (tertiary/aromatic N) is 1. The number of methoxy groups -OCH3 is 1. The minimum absolute atomic E-state index is 0.0197. The molecule has 4 rings (SSSR count). The molecule has 2 atom stereocenters. The molecule has 1 fully saturated rings. The van der Waals surface area contributed by atoms with Crippen molar-refractivity contribution >= 4 is 5.91 Å². The molecule has 1 spiro atoms. The van der Waals surface area contributed by atoms with Crippen LogP contribution in [0.5, 0.6) is 5.75 Å². The van der Waals surface area contributed by atoms with Crippen LogP contribution in [0.15, 0.2) is 42.5 Å². The number of hydrogen-bond donors (Lipinski definition) is 2. The lowest BCUT2D eigenvalue weighted by molar-refractivity contribution is 0.0262. The Morgan fingerprint density at radius 3 is 2.59 bits per heavy atom. The lowest BCUT2D eigenvalue weighted by atomic mass is 9.72. The Hall–Kier alpha value is -2.37. The summed E-state index contributed by atoms with van der Waals surface area (Å²) in [7, 11) is 1.61. The average molecular weight is 366 g/mol. The summed E-state index contributed by atoms with van der Waals surface area (Å²) in [6.45, 7) is 3.12. The molecule has 1 aliphatic carbocycles. The van der Waals surface area contributed by atoms with E-state index < -0.39 is 6.10 Å². The van der Waals surface area contributed by atoms with Crippen LogP contribution in [-0.2, 0) is 5.41 Å². The van der Waals surface area contributed by atoms with Crippen LogP contribution in [0.3, 0.4) is 0 Å². The average Bonchev–Trinajstić information content (AvgIpc) is 2.91. The molecule has 27 heavy (non-hydrogen) atoms.